The highest BCUT2D eigenvalue weighted by Gasteiger charge is 2.21. The van der Waals surface area contributed by atoms with Gasteiger partial charge in [-0.2, -0.15) is 0 Å². The van der Waals surface area contributed by atoms with Gasteiger partial charge >= 0.3 is 0 Å². The normalized spacial score (nSPS) is 16.1. The molecule has 0 saturated heterocycles. The molecule has 0 radical (unpaired) electrons. The predicted octanol–water partition coefficient (Wildman–Crippen LogP) is 5.75. The topological polar surface area (TPSA) is 93.7 Å². The second-order valence-corrected chi connectivity index (χ2v) is 9.16. The van der Waals surface area contributed by atoms with Crippen molar-refractivity contribution in [3.63, 3.8) is 0 Å². The lowest BCUT2D eigenvalue weighted by atomic mass is 10.1. The summed E-state index contributed by atoms with van der Waals surface area (Å²) in [7, 11) is 2.04. The lowest BCUT2D eigenvalue weighted by Gasteiger charge is -2.17. The van der Waals surface area contributed by atoms with Crippen molar-refractivity contribution in [3.8, 4) is 0 Å². The van der Waals surface area contributed by atoms with Gasteiger partial charge in [-0.1, -0.05) is 32.6 Å². The van der Waals surface area contributed by atoms with Crippen molar-refractivity contribution in [3.05, 3.63) is 77.4 Å². The molecule has 192 valence electrons. The van der Waals surface area contributed by atoms with Crippen LogP contribution in [0.5, 0.6) is 0 Å². The van der Waals surface area contributed by atoms with E-state index in [-0.39, 0.29) is 22.3 Å². The van der Waals surface area contributed by atoms with Crippen molar-refractivity contribution in [2.45, 2.75) is 46.7 Å². The minimum atomic E-state index is -0.196. The largest absolute Gasteiger partial charge is 0.379 e. The van der Waals surface area contributed by atoms with E-state index in [0.29, 0.717) is 11.5 Å². The number of aliphatic imine (C=N–C) groups is 1. The molecule has 1 aromatic carbocycles. The van der Waals surface area contributed by atoms with Crippen molar-refractivity contribution in [2.75, 3.05) is 24.3 Å². The average Bonchev–Trinajstić information content (AvgIpc) is 3.21. The summed E-state index contributed by atoms with van der Waals surface area (Å²) in [4.78, 5) is 23.9. The maximum absolute atomic E-state index is 12.8. The molecule has 0 bridgehead atoms. The number of benzene rings is 1. The second kappa shape index (κ2) is 11.7. The van der Waals surface area contributed by atoms with Crippen LogP contribution in [-0.2, 0) is 0 Å². The second-order valence-electron chi connectivity index (χ2n) is 9.16. The van der Waals surface area contributed by atoms with E-state index in [0.717, 1.165) is 40.6 Å². The van der Waals surface area contributed by atoms with Crippen LogP contribution in [0.1, 0.15) is 72.5 Å². The van der Waals surface area contributed by atoms with Crippen molar-refractivity contribution in [2.24, 2.45) is 10.9 Å². The molecular formula is C27H43N7O. The SMILES string of the molecule is C=C(C=N/C(=C/N(C)CC)C(C)C)N[C@@H](C)c1cccc(NC(=O)c2cnc3c(c2)C(C)NN3)c1.[HH].[HH].[HH]. The zero-order chi connectivity index (χ0) is 25.5. The zero-order valence-electron chi connectivity index (χ0n) is 21.5. The highest BCUT2D eigenvalue weighted by Crippen LogP contribution is 2.27. The Bertz CT molecular complexity index is 1140. The number of rotatable bonds is 10. The van der Waals surface area contributed by atoms with Crippen LogP contribution in [0.25, 0.3) is 0 Å². The third-order valence-corrected chi connectivity index (χ3v) is 5.91. The number of carbonyl (C=O) groups is 1. The number of pyridine rings is 1. The number of carbonyl (C=O) groups excluding carboxylic acids is 1. The Kier molecular flexibility index (Phi) is 8.65. The molecule has 1 aliphatic rings. The van der Waals surface area contributed by atoms with Crippen LogP contribution in [-0.4, -0.2) is 35.6 Å². The molecule has 2 heterocycles. The van der Waals surface area contributed by atoms with Crippen molar-refractivity contribution < 1.29 is 9.07 Å². The van der Waals surface area contributed by atoms with E-state index in [1.54, 1.807) is 12.4 Å². The fraction of sp³-hybridized carbons (Fsp3) is 0.370. The molecule has 1 unspecified atom stereocenters. The Hall–Kier alpha value is -3.65. The van der Waals surface area contributed by atoms with Crippen molar-refractivity contribution >= 4 is 23.6 Å². The van der Waals surface area contributed by atoms with Crippen molar-refractivity contribution in [1.29, 1.82) is 0 Å². The molecule has 0 aliphatic carbocycles. The van der Waals surface area contributed by atoms with Crippen LogP contribution >= 0.6 is 0 Å². The van der Waals surface area contributed by atoms with Crippen LogP contribution in [0.3, 0.4) is 0 Å². The average molecular weight is 482 g/mol. The number of hydrogen-bond donors (Lipinski definition) is 4. The van der Waals surface area contributed by atoms with E-state index < -0.39 is 0 Å². The van der Waals surface area contributed by atoms with Gasteiger partial charge in [0.1, 0.15) is 5.82 Å². The van der Waals surface area contributed by atoms with E-state index in [4.69, 9.17) is 0 Å². The molecule has 8 nitrogen and oxygen atoms in total. The summed E-state index contributed by atoms with van der Waals surface area (Å²) in [6.45, 7) is 15.5. The van der Waals surface area contributed by atoms with Gasteiger partial charge in [0.25, 0.3) is 5.91 Å². The van der Waals surface area contributed by atoms with E-state index in [1.165, 1.54) is 0 Å². The summed E-state index contributed by atoms with van der Waals surface area (Å²) < 4.78 is 0. The molecule has 1 amide bonds. The molecule has 0 spiro atoms. The van der Waals surface area contributed by atoms with E-state index in [2.05, 4.69) is 76.8 Å². The number of fused-ring (bicyclic) bond motifs is 1. The maximum atomic E-state index is 12.8. The van der Waals surface area contributed by atoms with Crippen LogP contribution in [0, 0.1) is 5.92 Å². The summed E-state index contributed by atoms with van der Waals surface area (Å²) >= 11 is 0. The van der Waals surface area contributed by atoms with E-state index >= 15 is 0 Å². The first-order valence-corrected chi connectivity index (χ1v) is 12.0. The molecule has 0 saturated carbocycles. The van der Waals surface area contributed by atoms with Crippen molar-refractivity contribution in [1.82, 2.24) is 20.6 Å². The Labute approximate surface area is 213 Å². The third kappa shape index (κ3) is 6.93. The fourth-order valence-corrected chi connectivity index (χ4v) is 3.58. The lowest BCUT2D eigenvalue weighted by molar-refractivity contribution is 0.102. The van der Waals surface area contributed by atoms with Gasteiger partial charge in [-0.15, -0.1) is 0 Å². The minimum Gasteiger partial charge on any atom is -0.379 e. The van der Waals surface area contributed by atoms with E-state index in [9.17, 15) is 4.79 Å². The van der Waals surface area contributed by atoms with Gasteiger partial charge in [0.15, 0.2) is 0 Å². The zero-order valence-corrected chi connectivity index (χ0v) is 21.5. The molecule has 0 fully saturated rings. The number of aromatic nitrogens is 1. The first kappa shape index (κ1) is 26.0. The van der Waals surface area contributed by atoms with Gasteiger partial charge < -0.3 is 21.0 Å². The number of nitrogens with zero attached hydrogens (tertiary/aromatic N) is 3. The molecule has 4 N–H and O–H groups in total. The summed E-state index contributed by atoms with van der Waals surface area (Å²) in [6.07, 6.45) is 5.41. The van der Waals surface area contributed by atoms with Crippen LogP contribution in [0.4, 0.5) is 11.5 Å². The smallest absolute Gasteiger partial charge is 0.257 e. The number of hydrazine groups is 1. The van der Waals surface area contributed by atoms with Crippen LogP contribution < -0.4 is 21.5 Å². The van der Waals surface area contributed by atoms with Gasteiger partial charge in [-0.3, -0.25) is 9.79 Å². The number of nitrogens with one attached hydrogen (secondary N) is 4. The monoisotopic (exact) mass is 481 g/mol. The third-order valence-electron chi connectivity index (χ3n) is 5.91. The first-order chi connectivity index (χ1) is 16.7. The Morgan fingerprint density at radius 2 is 2.11 bits per heavy atom. The summed E-state index contributed by atoms with van der Waals surface area (Å²) in [5, 5.41) is 6.36. The standard InChI is InChI=1S/C27H37N7O.3H2/c1-8-34(7)16-25(17(2)3)28-14-18(4)30-19(5)21-10-9-11-23(12-21)31-27(35)22-13-24-20(6)32-33-26(24)29-15-22;;;/h9-17,19-20,30,32H,4,8H2,1-3,5-7H3,(H,29,33)(H,31,35);3*1H/b25-16+,28-14?;;;/t19-,20?;;;/m0.../s1. The van der Waals surface area contributed by atoms with Crippen LogP contribution in [0.2, 0.25) is 0 Å². The number of anilines is 2. The summed E-state index contributed by atoms with van der Waals surface area (Å²) in [6, 6.07) is 9.72. The van der Waals surface area contributed by atoms with E-state index in [1.807, 2.05) is 44.3 Å². The molecule has 1 aliphatic heterocycles. The lowest BCUT2D eigenvalue weighted by Crippen LogP contribution is -2.19. The molecule has 2 aromatic rings. The molecule has 1 aromatic heterocycles. The molecule has 3 rings (SSSR count). The predicted molar refractivity (Wildman–Crippen MR) is 151 cm³/mol. The minimum absolute atomic E-state index is 0. The van der Waals surface area contributed by atoms with Gasteiger partial charge in [0, 0.05) is 59.5 Å². The van der Waals surface area contributed by atoms with Crippen LogP contribution in [0.15, 0.2) is 65.7 Å². The first-order valence-electron chi connectivity index (χ1n) is 12.0. The number of allylic oxidation sites excluding steroid dienone is 2. The molecule has 2 atom stereocenters. The Morgan fingerprint density at radius 3 is 2.83 bits per heavy atom. The highest BCUT2D eigenvalue weighted by atomic mass is 16.1. The fourth-order valence-electron chi connectivity index (χ4n) is 3.58. The Balaban J connectivity index is 0.00000456. The Morgan fingerprint density at radius 1 is 1.34 bits per heavy atom. The maximum Gasteiger partial charge on any atom is 0.257 e. The van der Waals surface area contributed by atoms with Gasteiger partial charge in [-0.25, -0.2) is 10.4 Å². The quantitative estimate of drug-likeness (QED) is 0.323. The molecular weight excluding hydrogens is 438 g/mol. The molecule has 35 heavy (non-hydrogen) atoms. The van der Waals surface area contributed by atoms with Gasteiger partial charge in [0.05, 0.1) is 17.3 Å². The number of hydrogen-bond acceptors (Lipinski definition) is 7. The number of amides is 1. The molecule has 8 heteroatoms. The summed E-state index contributed by atoms with van der Waals surface area (Å²) in [5.41, 5.74) is 11.1. The highest BCUT2D eigenvalue weighted by molar-refractivity contribution is 6.04. The van der Waals surface area contributed by atoms with Gasteiger partial charge in [0.2, 0.25) is 0 Å². The van der Waals surface area contributed by atoms with Gasteiger partial charge in [-0.05, 0) is 50.5 Å². The summed E-state index contributed by atoms with van der Waals surface area (Å²) in [5.74, 6) is 0.870.